The summed E-state index contributed by atoms with van der Waals surface area (Å²) < 4.78 is 36.9. The zero-order valence-electron chi connectivity index (χ0n) is 11.2. The largest absolute Gasteiger partial charge is 0.508 e. The second-order valence-corrected chi connectivity index (χ2v) is 5.21. The van der Waals surface area contributed by atoms with Crippen LogP contribution in [0.2, 0.25) is 0 Å². The van der Waals surface area contributed by atoms with E-state index >= 15 is 0 Å². The van der Waals surface area contributed by atoms with Crippen molar-refractivity contribution >= 4 is 24.5 Å². The molecule has 0 radical (unpaired) electrons. The lowest BCUT2D eigenvalue weighted by atomic mass is 10.1. The molecule has 0 saturated carbocycles. The first kappa shape index (κ1) is 18.1. The van der Waals surface area contributed by atoms with Crippen LogP contribution >= 0.6 is 12.6 Å². The lowest BCUT2D eigenvalue weighted by Gasteiger charge is -2.18. The van der Waals surface area contributed by atoms with E-state index in [1.165, 1.54) is 24.3 Å². The molecule has 0 fully saturated rings. The minimum atomic E-state index is -4.64. The van der Waals surface area contributed by atoms with Crippen LogP contribution in [-0.4, -0.2) is 39.6 Å². The van der Waals surface area contributed by atoms with Gasteiger partial charge in [-0.15, -0.1) is 0 Å². The molecule has 0 aromatic heterocycles. The topological polar surface area (TPSA) is 86.6 Å². The van der Waals surface area contributed by atoms with Gasteiger partial charge in [-0.1, -0.05) is 12.1 Å². The first-order valence-corrected chi connectivity index (χ1v) is 6.66. The number of hydrogen-bond acceptors (Lipinski definition) is 4. The van der Waals surface area contributed by atoms with Gasteiger partial charge in [0.1, 0.15) is 17.0 Å². The Bertz CT molecular complexity index is 533. The summed E-state index contributed by atoms with van der Waals surface area (Å²) >= 11 is 3.27. The molecule has 9 heteroatoms. The van der Waals surface area contributed by atoms with Crippen molar-refractivity contribution < 1.29 is 33.0 Å². The summed E-state index contributed by atoms with van der Waals surface area (Å²) in [7, 11) is 0. The molecule has 0 bridgehead atoms. The van der Waals surface area contributed by atoms with Crippen LogP contribution in [0.1, 0.15) is 12.0 Å². The van der Waals surface area contributed by atoms with Crippen molar-refractivity contribution in [2.24, 2.45) is 0 Å². The van der Waals surface area contributed by atoms with Crippen LogP contribution in [0.3, 0.4) is 0 Å². The molecule has 1 aromatic rings. The molecule has 1 rings (SSSR count). The number of aromatic hydroxyl groups is 1. The third-order valence-electron chi connectivity index (χ3n) is 2.77. The van der Waals surface area contributed by atoms with Gasteiger partial charge in [-0.3, -0.25) is 4.79 Å². The number of thiol groups is 1. The number of benzene rings is 1. The number of hydrogen-bond donors (Lipinski definition) is 4. The van der Waals surface area contributed by atoms with Crippen molar-refractivity contribution in [3.8, 4) is 5.75 Å². The van der Waals surface area contributed by atoms with Gasteiger partial charge in [0, 0.05) is 12.8 Å². The molecule has 0 aliphatic rings. The quantitative estimate of drug-likeness (QED) is 0.596. The average molecular weight is 337 g/mol. The lowest BCUT2D eigenvalue weighted by Crippen LogP contribution is -2.44. The van der Waals surface area contributed by atoms with Crippen molar-refractivity contribution in [3.63, 3.8) is 0 Å². The first-order chi connectivity index (χ1) is 10.1. The third kappa shape index (κ3) is 5.84. The highest BCUT2D eigenvalue weighted by Gasteiger charge is 2.38. The molecule has 0 heterocycles. The molecule has 122 valence electrons. The second-order valence-electron chi connectivity index (χ2n) is 4.59. The fraction of sp³-hybridized carbons (Fsp3) is 0.385. The van der Waals surface area contributed by atoms with Crippen molar-refractivity contribution in [3.05, 3.63) is 29.8 Å². The summed E-state index contributed by atoms with van der Waals surface area (Å²) in [4.78, 5) is 22.6. The van der Waals surface area contributed by atoms with Gasteiger partial charge in [-0.05, 0) is 17.7 Å². The molecule has 0 aliphatic heterocycles. The van der Waals surface area contributed by atoms with Gasteiger partial charge < -0.3 is 15.5 Å². The summed E-state index contributed by atoms with van der Waals surface area (Å²) in [6, 6.07) is 4.21. The molecule has 0 aliphatic carbocycles. The maximum absolute atomic E-state index is 12.3. The average Bonchev–Trinajstić information content (AvgIpc) is 2.39. The number of carbonyl (C=O) groups excluding carboxylic acids is 1. The van der Waals surface area contributed by atoms with E-state index in [4.69, 9.17) is 10.2 Å². The van der Waals surface area contributed by atoms with Crippen molar-refractivity contribution in [1.29, 1.82) is 0 Å². The molecule has 1 amide bonds. The van der Waals surface area contributed by atoms with Crippen LogP contribution in [0, 0.1) is 0 Å². The molecule has 0 spiro atoms. The number of amides is 1. The minimum Gasteiger partial charge on any atom is -0.508 e. The maximum atomic E-state index is 12.3. The predicted octanol–water partition coefficient (Wildman–Crippen LogP) is 1.75. The van der Waals surface area contributed by atoms with Gasteiger partial charge in [0.15, 0.2) is 0 Å². The van der Waals surface area contributed by atoms with Gasteiger partial charge in [0.2, 0.25) is 5.91 Å². The second kappa shape index (κ2) is 7.39. The summed E-state index contributed by atoms with van der Waals surface area (Å²) in [6.07, 6.45) is -5.73. The Morgan fingerprint density at radius 3 is 2.23 bits per heavy atom. The number of carboxylic acid groups (broad SMARTS) is 1. The highest BCUT2D eigenvalue weighted by atomic mass is 32.1. The first-order valence-electron chi connectivity index (χ1n) is 6.14. The Balaban J connectivity index is 2.66. The molecular weight excluding hydrogens is 323 g/mol. The fourth-order valence-electron chi connectivity index (χ4n) is 1.61. The molecule has 1 aromatic carbocycles. The van der Waals surface area contributed by atoms with Crippen LogP contribution in [0.15, 0.2) is 24.3 Å². The zero-order chi connectivity index (χ0) is 16.9. The van der Waals surface area contributed by atoms with E-state index in [1.807, 2.05) is 5.32 Å². The molecular formula is C13H14F3NO4S. The van der Waals surface area contributed by atoms with Gasteiger partial charge >= 0.3 is 12.1 Å². The smallest absolute Gasteiger partial charge is 0.400 e. The van der Waals surface area contributed by atoms with Crippen molar-refractivity contribution in [2.45, 2.75) is 30.3 Å². The Labute approximate surface area is 129 Å². The standard InChI is InChI=1S/C13H14F3NO4S/c14-13(15,16)10(22)6-11(19)17-9(12(20)21)5-7-1-3-8(18)4-2-7/h1-4,9-10,18,22H,5-6H2,(H,17,19)(H,20,21)/t9-,10?/m0/s1. The number of halogens is 3. The number of alkyl halides is 3. The lowest BCUT2D eigenvalue weighted by molar-refractivity contribution is -0.144. The molecule has 5 nitrogen and oxygen atoms in total. The summed E-state index contributed by atoms with van der Waals surface area (Å²) in [5.74, 6) is -2.43. The van der Waals surface area contributed by atoms with E-state index in [2.05, 4.69) is 12.6 Å². The van der Waals surface area contributed by atoms with E-state index in [0.29, 0.717) is 5.56 Å². The van der Waals surface area contributed by atoms with E-state index in [0.717, 1.165) is 0 Å². The summed E-state index contributed by atoms with van der Waals surface area (Å²) in [5.41, 5.74) is 0.503. The highest BCUT2D eigenvalue weighted by Crippen LogP contribution is 2.26. The van der Waals surface area contributed by atoms with Crippen molar-refractivity contribution in [1.82, 2.24) is 5.32 Å². The Kier molecular flexibility index (Phi) is 6.10. The molecule has 2 atom stereocenters. The van der Waals surface area contributed by atoms with Crippen LogP contribution < -0.4 is 5.32 Å². The third-order valence-corrected chi connectivity index (χ3v) is 3.24. The van der Waals surface area contributed by atoms with E-state index in [1.54, 1.807) is 0 Å². The molecule has 0 saturated heterocycles. The van der Waals surface area contributed by atoms with Gasteiger partial charge in [-0.2, -0.15) is 25.8 Å². The van der Waals surface area contributed by atoms with Gasteiger partial charge in [-0.25, -0.2) is 4.79 Å². The van der Waals surface area contributed by atoms with Crippen LogP contribution in [0.25, 0.3) is 0 Å². The number of carbonyl (C=O) groups is 2. The number of carboxylic acids is 1. The zero-order valence-corrected chi connectivity index (χ0v) is 12.1. The normalized spacial score (nSPS) is 14.2. The van der Waals surface area contributed by atoms with Crippen LogP contribution in [0.5, 0.6) is 5.75 Å². The molecule has 1 unspecified atom stereocenters. The number of rotatable bonds is 6. The Morgan fingerprint density at radius 2 is 1.77 bits per heavy atom. The number of nitrogens with one attached hydrogen (secondary N) is 1. The van der Waals surface area contributed by atoms with Crippen molar-refractivity contribution in [2.75, 3.05) is 0 Å². The maximum Gasteiger partial charge on any atom is 0.400 e. The summed E-state index contributed by atoms with van der Waals surface area (Å²) in [6.45, 7) is 0. The minimum absolute atomic E-state index is 0.0113. The molecule has 3 N–H and O–H groups in total. The Morgan fingerprint density at radius 1 is 1.23 bits per heavy atom. The monoisotopic (exact) mass is 337 g/mol. The van der Waals surface area contributed by atoms with E-state index in [9.17, 15) is 22.8 Å². The van der Waals surface area contributed by atoms with Gasteiger partial charge in [0.25, 0.3) is 0 Å². The van der Waals surface area contributed by atoms with Gasteiger partial charge in [0.05, 0.1) is 0 Å². The van der Waals surface area contributed by atoms with E-state index < -0.39 is 35.8 Å². The van der Waals surface area contributed by atoms with Crippen LogP contribution in [0.4, 0.5) is 13.2 Å². The fourth-order valence-corrected chi connectivity index (χ4v) is 1.78. The molecule has 22 heavy (non-hydrogen) atoms. The summed E-state index contributed by atoms with van der Waals surface area (Å²) in [5, 5.41) is 18.0. The number of phenolic OH excluding ortho intramolecular Hbond substituents is 1. The Hall–Kier alpha value is -1.90. The van der Waals surface area contributed by atoms with Crippen LogP contribution in [-0.2, 0) is 16.0 Å². The van der Waals surface area contributed by atoms with E-state index in [-0.39, 0.29) is 12.2 Å². The predicted molar refractivity (Wildman–Crippen MR) is 74.8 cm³/mol. The number of phenols is 1. The highest BCUT2D eigenvalue weighted by molar-refractivity contribution is 7.81. The SMILES string of the molecule is O=C(CC(S)C(F)(F)F)N[C@@H](Cc1ccc(O)cc1)C(=O)O. The number of aliphatic carboxylic acids is 1.